The second kappa shape index (κ2) is 13.2. The maximum Gasteiger partial charge on any atom is 0.692 e. The first-order valence-corrected chi connectivity index (χ1v) is 3.96. The van der Waals surface area contributed by atoms with Crippen LogP contribution in [-0.2, 0) is 9.36 Å². The lowest BCUT2D eigenvalue weighted by Gasteiger charge is -1.69. The van der Waals surface area contributed by atoms with Gasteiger partial charge in [-0.3, -0.25) is 4.79 Å². The molecule has 72 valence electrons. The predicted molar refractivity (Wildman–Crippen MR) is 42.8 cm³/mol. The van der Waals surface area contributed by atoms with Gasteiger partial charge in [0, 0.05) is 17.0 Å². The summed E-state index contributed by atoms with van der Waals surface area (Å²) in [6.07, 6.45) is 3.28. The van der Waals surface area contributed by atoms with Gasteiger partial charge >= 0.3 is 8.25 Å². The molecule has 1 aromatic rings. The molecule has 0 aliphatic heterocycles. The van der Waals surface area contributed by atoms with Crippen molar-refractivity contribution in [3.05, 3.63) is 24.5 Å². The summed E-state index contributed by atoms with van der Waals surface area (Å²) in [6.45, 7) is -0.250. The molecule has 0 saturated carbocycles. The molecule has 0 spiro atoms. The highest BCUT2D eigenvalue weighted by Gasteiger charge is 1.93. The normalized spacial score (nSPS) is 6.62. The van der Waals surface area contributed by atoms with E-state index >= 15 is 0 Å². The molecule has 0 bridgehead atoms. The van der Waals surface area contributed by atoms with Gasteiger partial charge in [0.15, 0.2) is 0 Å². The molecule has 13 heavy (non-hydrogen) atoms. The Morgan fingerprint density at radius 2 is 1.38 bits per heavy atom. The number of carbonyl (C=O) groups is 1. The molecule has 0 amide bonds. The lowest BCUT2D eigenvalue weighted by Crippen LogP contribution is -1.69. The molecule has 8 heteroatoms. The Hall–Kier alpha value is -1.43. The van der Waals surface area contributed by atoms with E-state index in [0.29, 0.717) is 0 Å². The van der Waals surface area contributed by atoms with Crippen LogP contribution in [0.2, 0.25) is 0 Å². The van der Waals surface area contributed by atoms with Crippen molar-refractivity contribution in [1.29, 1.82) is 0 Å². The van der Waals surface area contributed by atoms with Crippen molar-refractivity contribution in [2.75, 3.05) is 0 Å². The van der Waals surface area contributed by atoms with Gasteiger partial charge in [0.1, 0.15) is 0 Å². The van der Waals surface area contributed by atoms with Gasteiger partial charge in [-0.15, -0.1) is 9.79 Å². The van der Waals surface area contributed by atoms with Gasteiger partial charge in [-0.1, -0.05) is 0 Å². The summed E-state index contributed by atoms with van der Waals surface area (Å²) >= 11 is 0. The minimum Gasteiger partial charge on any atom is -0.483 e. The van der Waals surface area contributed by atoms with E-state index in [2.05, 4.69) is 10.2 Å². The van der Waals surface area contributed by atoms with Crippen molar-refractivity contribution in [3.8, 4) is 0 Å². The summed E-state index contributed by atoms with van der Waals surface area (Å²) in [4.78, 5) is 22.6. The Balaban J connectivity index is 0. The smallest absolute Gasteiger partial charge is 0.483 e. The summed E-state index contributed by atoms with van der Waals surface area (Å²) in [5.74, 6) is 0. The SMILES string of the molecule is O=CO.O=[P+](O)O.c1ccnnc1. The third-order valence-electron chi connectivity index (χ3n) is 0.483. The van der Waals surface area contributed by atoms with Gasteiger partial charge in [-0.25, -0.2) is 0 Å². The van der Waals surface area contributed by atoms with E-state index in [1.165, 1.54) is 0 Å². The molecule has 0 radical (unpaired) electrons. The van der Waals surface area contributed by atoms with E-state index in [9.17, 15) is 0 Å². The molecule has 0 aliphatic rings. The molecule has 0 saturated heterocycles. The van der Waals surface area contributed by atoms with Gasteiger partial charge in [-0.05, 0) is 12.1 Å². The van der Waals surface area contributed by atoms with Crippen LogP contribution in [0.3, 0.4) is 0 Å². The Bertz CT molecular complexity index is 189. The zero-order valence-corrected chi connectivity index (χ0v) is 7.28. The summed E-state index contributed by atoms with van der Waals surface area (Å²) in [5.41, 5.74) is 0. The van der Waals surface area contributed by atoms with Crippen molar-refractivity contribution >= 4 is 14.7 Å². The van der Waals surface area contributed by atoms with Crippen LogP contribution in [0.4, 0.5) is 0 Å². The first-order valence-electron chi connectivity index (χ1n) is 2.79. The number of carboxylic acid groups (broad SMARTS) is 1. The van der Waals surface area contributed by atoms with Crippen LogP contribution < -0.4 is 0 Å². The zero-order chi connectivity index (χ0) is 10.5. The van der Waals surface area contributed by atoms with E-state index < -0.39 is 8.25 Å². The standard InChI is InChI=1S/C4H4N2.CH2O2.HO3P/c1-2-4-6-5-3-1;2-1-3;1-4(2)3/h1-4H;1H,(H,2,3);(H-,1,2,3)/p+1. The molecule has 0 aliphatic carbocycles. The predicted octanol–water partition coefficient (Wildman–Crippen LogP) is -0.194. The van der Waals surface area contributed by atoms with Gasteiger partial charge in [0.25, 0.3) is 6.47 Å². The fourth-order valence-corrected chi connectivity index (χ4v) is 0.253. The average Bonchev–Trinajstić information content (AvgIpc) is 2.08. The summed E-state index contributed by atoms with van der Waals surface area (Å²) in [5, 5.41) is 14.0. The van der Waals surface area contributed by atoms with Crippen LogP contribution in [0.1, 0.15) is 0 Å². The van der Waals surface area contributed by atoms with Crippen molar-refractivity contribution in [2.45, 2.75) is 0 Å². The minimum atomic E-state index is -2.87. The maximum atomic E-state index is 8.70. The molecular formula is C5H8N2O5P+. The fraction of sp³-hybridized carbons (Fsp3) is 0. The molecule has 3 N–H and O–H groups in total. The van der Waals surface area contributed by atoms with Crippen LogP contribution in [-0.4, -0.2) is 31.6 Å². The third kappa shape index (κ3) is 37.2. The van der Waals surface area contributed by atoms with Crippen molar-refractivity contribution in [3.63, 3.8) is 0 Å². The summed E-state index contributed by atoms with van der Waals surface area (Å²) < 4.78 is 8.70. The fourth-order valence-electron chi connectivity index (χ4n) is 0.253. The lowest BCUT2D eigenvalue weighted by molar-refractivity contribution is -0.122. The second-order valence-electron chi connectivity index (χ2n) is 1.27. The van der Waals surface area contributed by atoms with Crippen LogP contribution >= 0.6 is 8.25 Å². The molecular weight excluding hydrogens is 199 g/mol. The molecule has 1 rings (SSSR count). The van der Waals surface area contributed by atoms with E-state index in [-0.39, 0.29) is 6.47 Å². The number of nitrogens with zero attached hydrogens (tertiary/aromatic N) is 2. The van der Waals surface area contributed by atoms with E-state index in [4.69, 9.17) is 24.3 Å². The highest BCUT2D eigenvalue weighted by atomic mass is 31.1. The Morgan fingerprint density at radius 1 is 1.15 bits per heavy atom. The van der Waals surface area contributed by atoms with Gasteiger partial charge in [0.2, 0.25) is 0 Å². The molecule has 7 nitrogen and oxygen atoms in total. The Morgan fingerprint density at radius 3 is 1.46 bits per heavy atom. The molecule has 1 aromatic heterocycles. The molecule has 1 heterocycles. The number of rotatable bonds is 0. The maximum absolute atomic E-state index is 8.70. The Kier molecular flexibility index (Phi) is 14.3. The zero-order valence-electron chi connectivity index (χ0n) is 6.39. The molecule has 0 aromatic carbocycles. The molecule has 0 fully saturated rings. The van der Waals surface area contributed by atoms with Crippen molar-refractivity contribution in [1.82, 2.24) is 10.2 Å². The highest BCUT2D eigenvalue weighted by molar-refractivity contribution is 7.30. The highest BCUT2D eigenvalue weighted by Crippen LogP contribution is 1.98. The largest absolute Gasteiger partial charge is 0.692 e. The molecule has 0 atom stereocenters. The quantitative estimate of drug-likeness (QED) is 0.398. The van der Waals surface area contributed by atoms with E-state index in [1.54, 1.807) is 12.4 Å². The number of hydrogen-bond acceptors (Lipinski definition) is 4. The Labute approximate surface area is 74.6 Å². The van der Waals surface area contributed by atoms with Crippen LogP contribution in [0.25, 0.3) is 0 Å². The van der Waals surface area contributed by atoms with Gasteiger partial charge in [-0.2, -0.15) is 10.2 Å². The van der Waals surface area contributed by atoms with Crippen LogP contribution in [0.5, 0.6) is 0 Å². The topological polar surface area (TPSA) is 121 Å². The van der Waals surface area contributed by atoms with Crippen molar-refractivity contribution in [2.24, 2.45) is 0 Å². The van der Waals surface area contributed by atoms with Crippen molar-refractivity contribution < 1.29 is 24.3 Å². The number of hydrogen-bond donors (Lipinski definition) is 3. The van der Waals surface area contributed by atoms with Gasteiger partial charge in [0.05, 0.1) is 0 Å². The number of aromatic nitrogens is 2. The first-order chi connectivity index (χ1) is 6.15. The monoisotopic (exact) mass is 207 g/mol. The van der Waals surface area contributed by atoms with Crippen LogP contribution in [0.15, 0.2) is 24.5 Å². The summed E-state index contributed by atoms with van der Waals surface area (Å²) in [6, 6.07) is 3.65. The summed E-state index contributed by atoms with van der Waals surface area (Å²) in [7, 11) is -2.87. The van der Waals surface area contributed by atoms with Crippen LogP contribution in [0, 0.1) is 0 Å². The van der Waals surface area contributed by atoms with E-state index in [0.717, 1.165) is 0 Å². The second-order valence-corrected chi connectivity index (χ2v) is 1.78. The third-order valence-corrected chi connectivity index (χ3v) is 0.483. The lowest BCUT2D eigenvalue weighted by atomic mass is 10.6. The average molecular weight is 207 g/mol. The minimum absolute atomic E-state index is 0.250. The molecule has 0 unspecified atom stereocenters. The van der Waals surface area contributed by atoms with E-state index in [1.807, 2.05) is 12.1 Å². The first kappa shape index (κ1) is 14.1. The van der Waals surface area contributed by atoms with Gasteiger partial charge < -0.3 is 5.11 Å².